The largest absolute Gasteiger partial charge is 0.481 e. The molecule has 0 saturated carbocycles. The highest BCUT2D eigenvalue weighted by atomic mass is 35.5. The molecule has 1 N–H and O–H groups in total. The van der Waals surface area contributed by atoms with Crippen LogP contribution in [0.5, 0.6) is 5.88 Å². The number of halogens is 2. The van der Waals surface area contributed by atoms with Crippen LogP contribution in [-0.4, -0.2) is 51.1 Å². The van der Waals surface area contributed by atoms with Crippen LogP contribution in [0.1, 0.15) is 42.9 Å². The molecule has 1 unspecified atom stereocenters. The number of rotatable bonds is 9. The summed E-state index contributed by atoms with van der Waals surface area (Å²) < 4.78 is 7.18. The normalized spacial score (nSPS) is 17.6. The molecule has 2 aromatic carbocycles. The molecule has 1 aliphatic heterocycles. The van der Waals surface area contributed by atoms with E-state index in [9.17, 15) is 9.59 Å². The van der Waals surface area contributed by atoms with Crippen LogP contribution >= 0.6 is 23.2 Å². The van der Waals surface area contributed by atoms with Crippen LogP contribution in [0.3, 0.4) is 0 Å². The number of fused-ring (bicyclic) bond motifs is 2. The van der Waals surface area contributed by atoms with Crippen molar-refractivity contribution in [3.8, 4) is 28.3 Å². The molecule has 9 nitrogen and oxygen atoms in total. The van der Waals surface area contributed by atoms with Crippen molar-refractivity contribution in [2.75, 3.05) is 25.5 Å². The zero-order valence-corrected chi connectivity index (χ0v) is 27.7. The highest BCUT2D eigenvalue weighted by molar-refractivity contribution is 6.39. The number of nitrogens with zero attached hydrogens (tertiary/aromatic N) is 5. The Kier molecular flexibility index (Phi) is 8.70. The first kappa shape index (κ1) is 31.3. The van der Waals surface area contributed by atoms with Crippen molar-refractivity contribution < 1.29 is 9.53 Å². The van der Waals surface area contributed by atoms with Gasteiger partial charge in [-0.15, -0.1) is 0 Å². The van der Waals surface area contributed by atoms with Gasteiger partial charge in [-0.3, -0.25) is 9.69 Å². The van der Waals surface area contributed by atoms with Gasteiger partial charge in [0, 0.05) is 59.9 Å². The second-order valence-electron chi connectivity index (χ2n) is 12.2. The fourth-order valence-corrected chi connectivity index (χ4v) is 7.69. The number of nitrogens with one attached hydrogen (secondary N) is 1. The van der Waals surface area contributed by atoms with E-state index >= 15 is 0 Å². The number of aldehydes is 1. The molecule has 1 saturated heterocycles. The molecule has 5 aromatic rings. The minimum atomic E-state index is -0.260. The third-order valence-electron chi connectivity index (χ3n) is 9.45. The van der Waals surface area contributed by atoms with Crippen LogP contribution < -0.4 is 15.6 Å². The second kappa shape index (κ2) is 13.1. The van der Waals surface area contributed by atoms with Crippen molar-refractivity contribution >= 4 is 51.8 Å². The molecule has 240 valence electrons. The Balaban J connectivity index is 1.21. The standard InChI is InChI=1S/C36H34Cl2N6O3/c1-43-36(46)31-23(19-40-43)13-15-39-34(31)41-27-10-4-8-25(33(27)38)24-7-3-9-26(32(24)37)28-18-22-11-12-29(30(22)35(42-28)47-2)44-16-14-21(20-44)6-5-17-45/h3-4,7-10,13,15,17-19,21,29H,5-6,11-12,14,16,20H2,1-2H3,(H,39,41)/t21?,29-/m0/s1. The summed E-state index contributed by atoms with van der Waals surface area (Å²) >= 11 is 14.2. The molecular formula is C36H34Cl2N6O3. The average Bonchev–Trinajstić information content (AvgIpc) is 3.73. The van der Waals surface area contributed by atoms with E-state index in [4.69, 9.17) is 32.9 Å². The van der Waals surface area contributed by atoms with Gasteiger partial charge in [-0.1, -0.05) is 53.5 Å². The van der Waals surface area contributed by atoms with Crippen LogP contribution in [0.15, 0.2) is 65.7 Å². The molecule has 1 fully saturated rings. The van der Waals surface area contributed by atoms with E-state index in [-0.39, 0.29) is 11.6 Å². The number of methoxy groups -OCH3 is 1. The van der Waals surface area contributed by atoms with E-state index in [1.165, 1.54) is 10.2 Å². The Morgan fingerprint density at radius 1 is 1.06 bits per heavy atom. The van der Waals surface area contributed by atoms with Gasteiger partial charge in [0.05, 0.1) is 40.1 Å². The number of pyridine rings is 2. The number of benzene rings is 2. The molecule has 1 aliphatic carbocycles. The number of aryl methyl sites for hydroxylation is 2. The van der Waals surface area contributed by atoms with Crippen LogP contribution in [0, 0.1) is 5.92 Å². The molecule has 0 radical (unpaired) electrons. The van der Waals surface area contributed by atoms with E-state index in [1.807, 2.05) is 36.4 Å². The highest BCUT2D eigenvalue weighted by Gasteiger charge is 2.36. The summed E-state index contributed by atoms with van der Waals surface area (Å²) in [5.41, 5.74) is 5.72. The van der Waals surface area contributed by atoms with E-state index < -0.39 is 0 Å². The fourth-order valence-electron chi connectivity index (χ4n) is 7.09. The van der Waals surface area contributed by atoms with Crippen LogP contribution in [0.25, 0.3) is 33.2 Å². The maximum Gasteiger partial charge on any atom is 0.278 e. The van der Waals surface area contributed by atoms with Gasteiger partial charge in [-0.05, 0) is 61.9 Å². The van der Waals surface area contributed by atoms with E-state index in [1.54, 1.807) is 32.6 Å². The van der Waals surface area contributed by atoms with Crippen LogP contribution in [0.4, 0.5) is 11.5 Å². The van der Waals surface area contributed by atoms with Crippen LogP contribution in [-0.2, 0) is 18.3 Å². The molecule has 7 rings (SSSR count). The lowest BCUT2D eigenvalue weighted by Gasteiger charge is -2.26. The van der Waals surface area contributed by atoms with Gasteiger partial charge >= 0.3 is 0 Å². The number of hydrogen-bond acceptors (Lipinski definition) is 8. The number of carbonyl (C=O) groups excluding carboxylic acids is 1. The number of likely N-dealkylation sites (tertiary alicyclic amines) is 1. The Morgan fingerprint density at radius 2 is 1.85 bits per heavy atom. The molecule has 0 amide bonds. The third kappa shape index (κ3) is 5.77. The first-order valence-corrected chi connectivity index (χ1v) is 16.5. The van der Waals surface area contributed by atoms with Crippen LogP contribution in [0.2, 0.25) is 10.0 Å². The van der Waals surface area contributed by atoms with Crippen molar-refractivity contribution in [2.45, 2.75) is 38.1 Å². The maximum atomic E-state index is 12.9. The summed E-state index contributed by atoms with van der Waals surface area (Å²) in [6, 6.07) is 15.6. The topological polar surface area (TPSA) is 102 Å². The van der Waals surface area contributed by atoms with Gasteiger partial charge in [0.15, 0.2) is 0 Å². The Bertz CT molecular complexity index is 2070. The predicted octanol–water partition coefficient (Wildman–Crippen LogP) is 7.40. The van der Waals surface area contributed by atoms with Gasteiger partial charge in [0.2, 0.25) is 5.88 Å². The number of anilines is 2. The van der Waals surface area contributed by atoms with Crippen molar-refractivity contribution in [1.82, 2.24) is 24.6 Å². The summed E-state index contributed by atoms with van der Waals surface area (Å²) in [6.07, 6.45) is 8.91. The maximum absolute atomic E-state index is 12.9. The zero-order valence-electron chi connectivity index (χ0n) is 26.2. The second-order valence-corrected chi connectivity index (χ2v) is 12.9. The van der Waals surface area contributed by atoms with E-state index in [0.717, 1.165) is 73.0 Å². The predicted molar refractivity (Wildman–Crippen MR) is 186 cm³/mol. The summed E-state index contributed by atoms with van der Waals surface area (Å²) in [4.78, 5) is 35.8. The number of carbonyl (C=O) groups is 1. The number of ether oxygens (including phenoxy) is 1. The molecule has 11 heteroatoms. The minimum Gasteiger partial charge on any atom is -0.481 e. The van der Waals surface area contributed by atoms with Gasteiger partial charge in [-0.25, -0.2) is 14.6 Å². The SMILES string of the molecule is COc1nc(-c2cccc(-c3cccc(Nc4nccc5cnn(C)c(=O)c45)c3Cl)c2Cl)cc2c1[C@@H](N1CCC(CCC=O)C1)CC2. The summed E-state index contributed by atoms with van der Waals surface area (Å²) in [7, 11) is 3.28. The molecular weight excluding hydrogens is 635 g/mol. The zero-order chi connectivity index (χ0) is 32.7. The first-order valence-electron chi connectivity index (χ1n) is 15.8. The molecule has 0 spiro atoms. The van der Waals surface area contributed by atoms with Gasteiger partial charge in [0.1, 0.15) is 12.1 Å². The van der Waals surface area contributed by atoms with Crippen molar-refractivity contribution in [3.05, 3.63) is 92.5 Å². The lowest BCUT2D eigenvalue weighted by Crippen LogP contribution is -2.25. The lowest BCUT2D eigenvalue weighted by molar-refractivity contribution is -0.108. The number of hydrogen-bond donors (Lipinski definition) is 1. The van der Waals surface area contributed by atoms with Crippen molar-refractivity contribution in [3.63, 3.8) is 0 Å². The van der Waals surface area contributed by atoms with Crippen molar-refractivity contribution in [2.24, 2.45) is 13.0 Å². The summed E-state index contributed by atoms with van der Waals surface area (Å²) in [5, 5.41) is 9.45. The quantitative estimate of drug-likeness (QED) is 0.162. The lowest BCUT2D eigenvalue weighted by atomic mass is 9.99. The van der Waals surface area contributed by atoms with Gasteiger partial charge in [-0.2, -0.15) is 5.10 Å². The Morgan fingerprint density at radius 3 is 2.66 bits per heavy atom. The smallest absolute Gasteiger partial charge is 0.278 e. The first-order chi connectivity index (χ1) is 22.9. The molecule has 2 aliphatic rings. The summed E-state index contributed by atoms with van der Waals surface area (Å²) in [6.45, 7) is 2.02. The molecule has 4 heterocycles. The molecule has 47 heavy (non-hydrogen) atoms. The molecule has 3 aromatic heterocycles. The fraction of sp³-hybridized carbons (Fsp3) is 0.306. The monoisotopic (exact) mass is 668 g/mol. The van der Waals surface area contributed by atoms with Crippen molar-refractivity contribution in [1.29, 1.82) is 0 Å². The van der Waals surface area contributed by atoms with Gasteiger partial charge < -0.3 is 14.8 Å². The average molecular weight is 670 g/mol. The molecule has 2 atom stereocenters. The Hall–Kier alpha value is -4.31. The van der Waals surface area contributed by atoms with E-state index in [2.05, 4.69) is 26.4 Å². The molecule has 0 bridgehead atoms. The highest BCUT2D eigenvalue weighted by Crippen LogP contribution is 2.46. The minimum absolute atomic E-state index is 0.256. The number of aromatic nitrogens is 4. The Labute approximate surface area is 282 Å². The van der Waals surface area contributed by atoms with Gasteiger partial charge in [0.25, 0.3) is 5.56 Å². The van der Waals surface area contributed by atoms with E-state index in [0.29, 0.717) is 50.5 Å². The third-order valence-corrected chi connectivity index (χ3v) is 10.3. The summed E-state index contributed by atoms with van der Waals surface area (Å²) in [5.74, 6) is 1.58.